The minimum atomic E-state index is 0.126. The van der Waals surface area contributed by atoms with Gasteiger partial charge in [-0.1, -0.05) is 17.7 Å². The van der Waals surface area contributed by atoms with Gasteiger partial charge < -0.3 is 15.4 Å². The van der Waals surface area contributed by atoms with E-state index >= 15 is 0 Å². The fourth-order valence-electron chi connectivity index (χ4n) is 2.49. The van der Waals surface area contributed by atoms with Crippen LogP contribution in [0, 0.1) is 6.92 Å². The molecule has 1 saturated heterocycles. The van der Waals surface area contributed by atoms with Crippen molar-refractivity contribution in [2.75, 3.05) is 31.7 Å². The lowest BCUT2D eigenvalue weighted by molar-refractivity contribution is -0.121. The molecule has 0 spiro atoms. The zero-order chi connectivity index (χ0) is 15.1. The smallest absolute Gasteiger partial charge is 0.221 e. The summed E-state index contributed by atoms with van der Waals surface area (Å²) in [4.78, 5) is 11.9. The second-order valence-corrected chi connectivity index (χ2v) is 6.50. The highest BCUT2D eigenvalue weighted by Gasteiger charge is 2.16. The van der Waals surface area contributed by atoms with Crippen molar-refractivity contribution in [1.82, 2.24) is 10.6 Å². The molecule has 0 bridgehead atoms. The Hall–Kier alpha value is -1.20. The second kappa shape index (κ2) is 8.29. The van der Waals surface area contributed by atoms with Crippen LogP contribution in [-0.4, -0.2) is 43.7 Å². The Kier molecular flexibility index (Phi) is 6.39. The Balaban J connectivity index is 1.75. The van der Waals surface area contributed by atoms with Gasteiger partial charge in [-0.25, -0.2) is 0 Å². The van der Waals surface area contributed by atoms with Crippen LogP contribution in [-0.2, 0) is 11.2 Å². The summed E-state index contributed by atoms with van der Waals surface area (Å²) < 4.78 is 5.35. The molecule has 4 nitrogen and oxygen atoms in total. The molecular weight excluding hydrogens is 284 g/mol. The summed E-state index contributed by atoms with van der Waals surface area (Å²) in [6, 6.07) is 6.45. The van der Waals surface area contributed by atoms with Gasteiger partial charge in [0.15, 0.2) is 0 Å². The fraction of sp³-hybridized carbons (Fsp3) is 0.562. The average Bonchev–Trinajstić information content (AvgIpc) is 2.48. The minimum absolute atomic E-state index is 0.126. The van der Waals surface area contributed by atoms with Gasteiger partial charge in [-0.05, 0) is 25.0 Å². The third kappa shape index (κ3) is 5.25. The summed E-state index contributed by atoms with van der Waals surface area (Å²) in [5.41, 5.74) is 2.35. The summed E-state index contributed by atoms with van der Waals surface area (Å²) >= 11 is 1.91. The van der Waals surface area contributed by atoms with E-state index in [-0.39, 0.29) is 5.91 Å². The van der Waals surface area contributed by atoms with Gasteiger partial charge in [0.25, 0.3) is 0 Å². The maximum atomic E-state index is 11.9. The molecule has 1 aliphatic heterocycles. The van der Waals surface area contributed by atoms with E-state index in [1.54, 1.807) is 7.11 Å². The molecule has 1 heterocycles. The van der Waals surface area contributed by atoms with Crippen LogP contribution in [0.4, 0.5) is 0 Å². The van der Waals surface area contributed by atoms with Crippen LogP contribution in [0.25, 0.3) is 0 Å². The van der Waals surface area contributed by atoms with E-state index in [1.165, 1.54) is 5.56 Å². The van der Waals surface area contributed by atoms with Gasteiger partial charge in [0.2, 0.25) is 5.91 Å². The quantitative estimate of drug-likeness (QED) is 0.841. The largest absolute Gasteiger partial charge is 0.496 e. The van der Waals surface area contributed by atoms with E-state index in [4.69, 9.17) is 4.74 Å². The summed E-state index contributed by atoms with van der Waals surface area (Å²) in [6.07, 6.45) is 1.36. The van der Waals surface area contributed by atoms with Gasteiger partial charge in [-0.3, -0.25) is 4.79 Å². The molecule has 0 radical (unpaired) electrons. The zero-order valence-corrected chi connectivity index (χ0v) is 13.6. The Bertz CT molecular complexity index is 473. The van der Waals surface area contributed by atoms with Crippen molar-refractivity contribution in [3.05, 3.63) is 29.3 Å². The molecule has 1 aromatic carbocycles. The molecule has 1 unspecified atom stereocenters. The highest BCUT2D eigenvalue weighted by Crippen LogP contribution is 2.19. The molecule has 0 aromatic heterocycles. The molecule has 1 aromatic rings. The van der Waals surface area contributed by atoms with Gasteiger partial charge in [0.1, 0.15) is 5.75 Å². The van der Waals surface area contributed by atoms with Crippen molar-refractivity contribution in [2.24, 2.45) is 0 Å². The number of benzene rings is 1. The first-order chi connectivity index (χ1) is 10.2. The molecule has 2 rings (SSSR count). The fourth-order valence-corrected chi connectivity index (χ4v) is 3.44. The van der Waals surface area contributed by atoms with Crippen LogP contribution >= 0.6 is 11.8 Å². The molecule has 116 valence electrons. The molecule has 2 N–H and O–H groups in total. The number of hydrogen-bond acceptors (Lipinski definition) is 4. The maximum Gasteiger partial charge on any atom is 0.221 e. The summed E-state index contributed by atoms with van der Waals surface area (Å²) in [7, 11) is 1.68. The van der Waals surface area contributed by atoms with E-state index < -0.39 is 0 Å². The van der Waals surface area contributed by atoms with Crippen LogP contribution in [0.5, 0.6) is 5.75 Å². The van der Waals surface area contributed by atoms with Crippen LogP contribution in [0.3, 0.4) is 0 Å². The van der Waals surface area contributed by atoms with Crippen molar-refractivity contribution in [2.45, 2.75) is 25.8 Å². The van der Waals surface area contributed by atoms with Gasteiger partial charge in [0.05, 0.1) is 7.11 Å². The molecule has 1 amide bonds. The number of methoxy groups -OCH3 is 1. The van der Waals surface area contributed by atoms with Crippen LogP contribution in [0.1, 0.15) is 17.5 Å². The predicted octanol–water partition coefficient (Wildman–Crippen LogP) is 1.76. The van der Waals surface area contributed by atoms with Gasteiger partial charge in [-0.2, -0.15) is 11.8 Å². The SMILES string of the molecule is COc1ccc(C)cc1CCNC(=O)CC1CSCCN1. The Morgan fingerprint density at radius 1 is 1.52 bits per heavy atom. The molecule has 1 atom stereocenters. The first-order valence-corrected chi connectivity index (χ1v) is 8.56. The lowest BCUT2D eigenvalue weighted by atomic mass is 10.1. The highest BCUT2D eigenvalue weighted by molar-refractivity contribution is 7.99. The Morgan fingerprint density at radius 3 is 3.10 bits per heavy atom. The van der Waals surface area contributed by atoms with E-state index in [0.29, 0.717) is 19.0 Å². The summed E-state index contributed by atoms with van der Waals surface area (Å²) in [5, 5.41) is 6.39. The third-order valence-electron chi connectivity index (χ3n) is 3.58. The maximum absolute atomic E-state index is 11.9. The molecule has 1 fully saturated rings. The second-order valence-electron chi connectivity index (χ2n) is 5.35. The standard InChI is InChI=1S/C16H24N2O2S/c1-12-3-4-15(20-2)13(9-12)5-6-18-16(19)10-14-11-21-8-7-17-14/h3-4,9,14,17H,5-8,10-11H2,1-2H3,(H,18,19). The lowest BCUT2D eigenvalue weighted by Gasteiger charge is -2.22. The number of amides is 1. The number of carbonyl (C=O) groups is 1. The monoisotopic (exact) mass is 308 g/mol. The Morgan fingerprint density at radius 2 is 2.38 bits per heavy atom. The van der Waals surface area contributed by atoms with Crippen molar-refractivity contribution >= 4 is 17.7 Å². The van der Waals surface area contributed by atoms with Crippen molar-refractivity contribution in [3.63, 3.8) is 0 Å². The summed E-state index contributed by atoms with van der Waals surface area (Å²) in [6.45, 7) is 3.72. The van der Waals surface area contributed by atoms with E-state index in [1.807, 2.05) is 23.9 Å². The first kappa shape index (κ1) is 16.2. The van der Waals surface area contributed by atoms with E-state index in [2.05, 4.69) is 23.6 Å². The first-order valence-electron chi connectivity index (χ1n) is 7.40. The third-order valence-corrected chi connectivity index (χ3v) is 4.71. The Labute approximate surface area is 131 Å². The molecule has 0 saturated carbocycles. The number of carbonyl (C=O) groups excluding carboxylic acids is 1. The minimum Gasteiger partial charge on any atom is -0.496 e. The number of rotatable bonds is 6. The topological polar surface area (TPSA) is 50.4 Å². The van der Waals surface area contributed by atoms with Crippen molar-refractivity contribution in [3.8, 4) is 5.75 Å². The number of ether oxygens (including phenoxy) is 1. The van der Waals surface area contributed by atoms with E-state index in [0.717, 1.165) is 35.8 Å². The molecule has 1 aliphatic rings. The number of thioether (sulfide) groups is 1. The van der Waals surface area contributed by atoms with Gasteiger partial charge in [0, 0.05) is 37.1 Å². The van der Waals surface area contributed by atoms with Gasteiger partial charge in [-0.15, -0.1) is 0 Å². The zero-order valence-electron chi connectivity index (χ0n) is 12.8. The number of nitrogens with one attached hydrogen (secondary N) is 2. The van der Waals surface area contributed by atoms with Crippen LogP contribution < -0.4 is 15.4 Å². The lowest BCUT2D eigenvalue weighted by Crippen LogP contribution is -2.41. The summed E-state index contributed by atoms with van der Waals surface area (Å²) in [5.74, 6) is 3.19. The molecule has 0 aliphatic carbocycles. The van der Waals surface area contributed by atoms with Gasteiger partial charge >= 0.3 is 0 Å². The van der Waals surface area contributed by atoms with E-state index in [9.17, 15) is 4.79 Å². The number of hydrogen-bond donors (Lipinski definition) is 2. The normalized spacial score (nSPS) is 18.3. The predicted molar refractivity (Wildman–Crippen MR) is 88.2 cm³/mol. The highest BCUT2D eigenvalue weighted by atomic mass is 32.2. The molecular formula is C16H24N2O2S. The average molecular weight is 308 g/mol. The van der Waals surface area contributed by atoms with Crippen LogP contribution in [0.2, 0.25) is 0 Å². The molecule has 21 heavy (non-hydrogen) atoms. The number of aryl methyl sites for hydroxylation is 1. The van der Waals surface area contributed by atoms with Crippen LogP contribution in [0.15, 0.2) is 18.2 Å². The van der Waals surface area contributed by atoms with Crippen molar-refractivity contribution in [1.29, 1.82) is 0 Å². The molecule has 5 heteroatoms. The van der Waals surface area contributed by atoms with Crippen molar-refractivity contribution < 1.29 is 9.53 Å².